The van der Waals surface area contributed by atoms with Crippen molar-refractivity contribution in [2.24, 2.45) is 0 Å². The molecule has 9 nitrogen and oxygen atoms in total. The molecule has 0 saturated carbocycles. The van der Waals surface area contributed by atoms with Crippen molar-refractivity contribution in [3.8, 4) is 0 Å². The normalized spacial score (nSPS) is 22.4. The number of hydrogen-bond donors (Lipinski definition) is 0. The predicted molar refractivity (Wildman–Crippen MR) is 103 cm³/mol. The Morgan fingerprint density at radius 3 is 1.34 bits per heavy atom. The molecule has 2 saturated heterocycles. The standard InChI is InChI=1S/C20H32N2O7/c1-19(2,3)28-17(25)21-11-7-9-13(21)15(23)27-16(24)14-10-8-12-22(14)18(26)29-20(4,5)6/h13-14H,7-12H2,1-6H3/t13-,14?/m1/s1. The Hall–Kier alpha value is -2.32. The topological polar surface area (TPSA) is 102 Å². The SMILES string of the molecule is CC(C)(C)OC(=O)N1CCCC1C(=O)OC(=O)[C@H]1CCCN1C(=O)OC(C)(C)C. The number of esters is 2. The Labute approximate surface area is 171 Å². The van der Waals surface area contributed by atoms with E-state index >= 15 is 0 Å². The fourth-order valence-electron chi connectivity index (χ4n) is 3.34. The van der Waals surface area contributed by atoms with Crippen LogP contribution < -0.4 is 0 Å². The second-order valence-corrected chi connectivity index (χ2v) is 9.40. The first kappa shape index (κ1) is 23.0. The summed E-state index contributed by atoms with van der Waals surface area (Å²) in [7, 11) is 0. The third-order valence-corrected chi connectivity index (χ3v) is 4.51. The van der Waals surface area contributed by atoms with Gasteiger partial charge in [0.1, 0.15) is 23.3 Å². The van der Waals surface area contributed by atoms with E-state index in [0.717, 1.165) is 0 Å². The van der Waals surface area contributed by atoms with Crippen LogP contribution in [0.1, 0.15) is 67.2 Å². The highest BCUT2D eigenvalue weighted by Crippen LogP contribution is 2.25. The van der Waals surface area contributed by atoms with Gasteiger partial charge in [-0.05, 0) is 67.2 Å². The molecular formula is C20H32N2O7. The molecule has 2 aliphatic heterocycles. The molecule has 2 aliphatic rings. The molecule has 0 bridgehead atoms. The molecule has 2 atom stereocenters. The number of rotatable bonds is 2. The van der Waals surface area contributed by atoms with Crippen LogP contribution in [0.15, 0.2) is 0 Å². The number of amides is 2. The maximum Gasteiger partial charge on any atom is 0.411 e. The van der Waals surface area contributed by atoms with Crippen LogP contribution in [0.5, 0.6) is 0 Å². The van der Waals surface area contributed by atoms with Gasteiger partial charge in [0.25, 0.3) is 0 Å². The molecule has 0 spiro atoms. The Balaban J connectivity index is 1.99. The van der Waals surface area contributed by atoms with Crippen LogP contribution >= 0.6 is 0 Å². The highest BCUT2D eigenvalue weighted by Gasteiger charge is 2.42. The van der Waals surface area contributed by atoms with Gasteiger partial charge in [-0.15, -0.1) is 0 Å². The quantitative estimate of drug-likeness (QED) is 0.390. The third-order valence-electron chi connectivity index (χ3n) is 4.51. The van der Waals surface area contributed by atoms with Crippen LogP contribution in [0.4, 0.5) is 9.59 Å². The summed E-state index contributed by atoms with van der Waals surface area (Å²) in [5.74, 6) is -1.59. The zero-order valence-corrected chi connectivity index (χ0v) is 18.1. The number of hydrogen-bond acceptors (Lipinski definition) is 7. The van der Waals surface area contributed by atoms with E-state index in [1.165, 1.54) is 9.80 Å². The van der Waals surface area contributed by atoms with Gasteiger partial charge in [0.15, 0.2) is 0 Å². The smallest absolute Gasteiger partial charge is 0.411 e. The Bertz CT molecular complexity index is 607. The largest absolute Gasteiger partial charge is 0.444 e. The number of nitrogens with zero attached hydrogens (tertiary/aromatic N) is 2. The molecule has 0 aromatic rings. The molecule has 0 N–H and O–H groups in total. The predicted octanol–water partition coefficient (Wildman–Crippen LogP) is 2.86. The van der Waals surface area contributed by atoms with Crippen molar-refractivity contribution in [1.29, 1.82) is 0 Å². The molecular weight excluding hydrogens is 380 g/mol. The average molecular weight is 412 g/mol. The molecule has 0 aromatic heterocycles. The summed E-state index contributed by atoms with van der Waals surface area (Å²) < 4.78 is 15.7. The first-order valence-electron chi connectivity index (χ1n) is 10.0. The summed E-state index contributed by atoms with van der Waals surface area (Å²) in [5, 5.41) is 0. The van der Waals surface area contributed by atoms with Crippen molar-refractivity contribution in [2.75, 3.05) is 13.1 Å². The third kappa shape index (κ3) is 6.33. The van der Waals surface area contributed by atoms with E-state index in [0.29, 0.717) is 38.8 Å². The first-order valence-corrected chi connectivity index (χ1v) is 10.0. The summed E-state index contributed by atoms with van der Waals surface area (Å²) >= 11 is 0. The van der Waals surface area contributed by atoms with Gasteiger partial charge in [0.2, 0.25) is 0 Å². The fraction of sp³-hybridized carbons (Fsp3) is 0.800. The van der Waals surface area contributed by atoms with Crippen LogP contribution in [-0.2, 0) is 23.8 Å². The van der Waals surface area contributed by atoms with Gasteiger partial charge in [-0.3, -0.25) is 9.80 Å². The van der Waals surface area contributed by atoms with Crippen molar-refractivity contribution >= 4 is 24.1 Å². The van der Waals surface area contributed by atoms with Gasteiger partial charge in [0, 0.05) is 13.1 Å². The van der Waals surface area contributed by atoms with Crippen LogP contribution in [0.3, 0.4) is 0 Å². The van der Waals surface area contributed by atoms with E-state index in [2.05, 4.69) is 0 Å². The molecule has 2 amide bonds. The van der Waals surface area contributed by atoms with Gasteiger partial charge < -0.3 is 14.2 Å². The maximum atomic E-state index is 12.6. The van der Waals surface area contributed by atoms with Crippen LogP contribution in [0.2, 0.25) is 0 Å². The molecule has 0 aliphatic carbocycles. The lowest BCUT2D eigenvalue weighted by atomic mass is 10.2. The zero-order chi connectivity index (χ0) is 22.0. The van der Waals surface area contributed by atoms with Crippen molar-refractivity contribution in [3.63, 3.8) is 0 Å². The second-order valence-electron chi connectivity index (χ2n) is 9.40. The Morgan fingerprint density at radius 1 is 0.690 bits per heavy atom. The van der Waals surface area contributed by atoms with E-state index in [4.69, 9.17) is 14.2 Å². The van der Waals surface area contributed by atoms with Gasteiger partial charge >= 0.3 is 24.1 Å². The van der Waals surface area contributed by atoms with Crippen molar-refractivity contribution < 1.29 is 33.4 Å². The van der Waals surface area contributed by atoms with Crippen LogP contribution in [0, 0.1) is 0 Å². The summed E-state index contributed by atoms with van der Waals surface area (Å²) in [6.07, 6.45) is 0.792. The molecule has 0 aromatic carbocycles. The molecule has 2 rings (SSSR count). The molecule has 2 fully saturated rings. The van der Waals surface area contributed by atoms with E-state index < -0.39 is 47.4 Å². The lowest BCUT2D eigenvalue weighted by molar-refractivity contribution is -0.165. The Morgan fingerprint density at radius 2 is 1.03 bits per heavy atom. The lowest BCUT2D eigenvalue weighted by Gasteiger charge is -2.29. The lowest BCUT2D eigenvalue weighted by Crippen LogP contribution is -2.47. The highest BCUT2D eigenvalue weighted by molar-refractivity contribution is 5.94. The van der Waals surface area contributed by atoms with E-state index in [1.807, 2.05) is 0 Å². The first-order chi connectivity index (χ1) is 13.3. The van der Waals surface area contributed by atoms with Gasteiger partial charge in [-0.2, -0.15) is 0 Å². The number of carbonyl (C=O) groups excluding carboxylic acids is 4. The van der Waals surface area contributed by atoms with Crippen LogP contribution in [-0.4, -0.2) is 70.3 Å². The minimum Gasteiger partial charge on any atom is -0.444 e. The highest BCUT2D eigenvalue weighted by atomic mass is 16.6. The van der Waals surface area contributed by atoms with Crippen molar-refractivity contribution in [3.05, 3.63) is 0 Å². The molecule has 0 radical (unpaired) electrons. The zero-order valence-electron chi connectivity index (χ0n) is 18.1. The summed E-state index contributed by atoms with van der Waals surface area (Å²) in [6.45, 7) is 11.2. The molecule has 9 heteroatoms. The van der Waals surface area contributed by atoms with Gasteiger partial charge in [-0.1, -0.05) is 0 Å². The second kappa shape index (κ2) is 8.59. The monoisotopic (exact) mass is 412 g/mol. The molecule has 164 valence electrons. The Kier molecular flexibility index (Phi) is 6.80. The van der Waals surface area contributed by atoms with Crippen molar-refractivity contribution in [1.82, 2.24) is 9.80 Å². The van der Waals surface area contributed by atoms with E-state index in [9.17, 15) is 19.2 Å². The fourth-order valence-corrected chi connectivity index (χ4v) is 3.34. The number of carbonyl (C=O) groups is 4. The minimum absolute atomic E-state index is 0.357. The van der Waals surface area contributed by atoms with Crippen molar-refractivity contribution in [2.45, 2.75) is 90.5 Å². The molecule has 2 heterocycles. The maximum absolute atomic E-state index is 12.6. The van der Waals surface area contributed by atoms with Crippen LogP contribution in [0.25, 0.3) is 0 Å². The minimum atomic E-state index is -0.870. The van der Waals surface area contributed by atoms with Gasteiger partial charge in [-0.25, -0.2) is 19.2 Å². The molecule has 1 unspecified atom stereocenters. The van der Waals surface area contributed by atoms with E-state index in [-0.39, 0.29) is 0 Å². The molecule has 29 heavy (non-hydrogen) atoms. The van der Waals surface area contributed by atoms with Gasteiger partial charge in [0.05, 0.1) is 0 Å². The summed E-state index contributed by atoms with van der Waals surface area (Å²) in [4.78, 5) is 52.4. The number of ether oxygens (including phenoxy) is 3. The summed E-state index contributed by atoms with van der Waals surface area (Å²) in [6, 6.07) is -1.74. The van der Waals surface area contributed by atoms with E-state index in [1.54, 1.807) is 41.5 Å². The summed E-state index contributed by atoms with van der Waals surface area (Å²) in [5.41, 5.74) is -1.39. The average Bonchev–Trinajstić information content (AvgIpc) is 3.21. The number of likely N-dealkylation sites (tertiary alicyclic amines) is 2.